The Morgan fingerprint density at radius 1 is 1.00 bits per heavy atom. The summed E-state index contributed by atoms with van der Waals surface area (Å²) in [6.07, 6.45) is 1.54. The minimum absolute atomic E-state index is 0.0252. The van der Waals surface area contributed by atoms with E-state index in [4.69, 9.17) is 16.4 Å². The average Bonchev–Trinajstić information content (AvgIpc) is 3.86. The number of benzene rings is 2. The van der Waals surface area contributed by atoms with Crippen molar-refractivity contribution in [2.24, 2.45) is 0 Å². The predicted molar refractivity (Wildman–Crippen MR) is 159 cm³/mol. The molecule has 2 aromatic carbocycles. The highest BCUT2D eigenvalue weighted by Crippen LogP contribution is 2.35. The smallest absolute Gasteiger partial charge is 0.436 e. The lowest BCUT2D eigenvalue weighted by molar-refractivity contribution is -0.891. The van der Waals surface area contributed by atoms with E-state index in [9.17, 15) is 31.9 Å². The molecule has 4 aromatic heterocycles. The number of aromatic carboxylic acids is 1. The van der Waals surface area contributed by atoms with Gasteiger partial charge in [-0.05, 0) is 42.0 Å². The standard InChI is InChI=1S/C31H21ClF6N8O3/c1-49-46-15-19(27-24(9-7-22(32)28(27)33)45-16-26(40-42-45)31(36,37)38)6-8-23(46)25(12-21-10-11-43(41-21)30(34)35)44-14-20(13-39-44)17-2-4-18(5-3-17)29(47)48/h2-11,13-16,25,30H,12H2,1H3/p+1/t25-/m1/s1. The molecule has 4 heterocycles. The topological polar surface area (TPSA) is 117 Å². The minimum atomic E-state index is -4.79. The van der Waals surface area contributed by atoms with E-state index in [0.717, 1.165) is 10.9 Å². The molecule has 0 fully saturated rings. The predicted octanol–water partition coefficient (Wildman–Crippen LogP) is 6.08. The van der Waals surface area contributed by atoms with Crippen LogP contribution in [0.25, 0.3) is 27.9 Å². The monoisotopic (exact) mass is 703 g/mol. The molecule has 0 bridgehead atoms. The maximum atomic E-state index is 15.6. The summed E-state index contributed by atoms with van der Waals surface area (Å²) in [5.74, 6) is -2.03. The average molecular weight is 704 g/mol. The summed E-state index contributed by atoms with van der Waals surface area (Å²) < 4.78 is 86.2. The van der Waals surface area contributed by atoms with Gasteiger partial charge in [0.05, 0.1) is 45.5 Å². The second-order valence-electron chi connectivity index (χ2n) is 10.5. The van der Waals surface area contributed by atoms with Crippen LogP contribution in [0.1, 0.15) is 40.0 Å². The number of hydrogen-bond acceptors (Lipinski definition) is 6. The van der Waals surface area contributed by atoms with Crippen LogP contribution in [0.2, 0.25) is 5.02 Å². The van der Waals surface area contributed by atoms with Crippen LogP contribution in [-0.4, -0.2) is 52.7 Å². The Morgan fingerprint density at radius 3 is 2.37 bits per heavy atom. The second kappa shape index (κ2) is 13.1. The number of carboxylic acids is 1. The van der Waals surface area contributed by atoms with Crippen LogP contribution in [-0.2, 0) is 12.6 Å². The molecule has 0 aliphatic carbocycles. The van der Waals surface area contributed by atoms with E-state index in [2.05, 4.69) is 20.5 Å². The summed E-state index contributed by atoms with van der Waals surface area (Å²) in [6.45, 7) is -2.88. The highest BCUT2D eigenvalue weighted by atomic mass is 35.5. The Bertz CT molecular complexity index is 2150. The van der Waals surface area contributed by atoms with Crippen LogP contribution in [0.15, 0.2) is 85.6 Å². The normalized spacial score (nSPS) is 12.4. The summed E-state index contributed by atoms with van der Waals surface area (Å²) in [7, 11) is 1.32. The van der Waals surface area contributed by atoms with Crippen LogP contribution >= 0.6 is 11.6 Å². The van der Waals surface area contributed by atoms with Crippen molar-refractivity contribution in [1.29, 1.82) is 0 Å². The Hall–Kier alpha value is -5.71. The molecule has 0 saturated carbocycles. The van der Waals surface area contributed by atoms with E-state index in [1.54, 1.807) is 24.4 Å². The van der Waals surface area contributed by atoms with Crippen molar-refractivity contribution in [3.63, 3.8) is 0 Å². The van der Waals surface area contributed by atoms with Gasteiger partial charge in [-0.25, -0.2) is 18.5 Å². The van der Waals surface area contributed by atoms with Gasteiger partial charge in [-0.1, -0.05) is 28.9 Å². The lowest BCUT2D eigenvalue weighted by Gasteiger charge is -2.16. The third-order valence-corrected chi connectivity index (χ3v) is 7.82. The lowest BCUT2D eigenvalue weighted by atomic mass is 10.0. The van der Waals surface area contributed by atoms with Crippen molar-refractivity contribution >= 4 is 17.6 Å². The molecule has 0 radical (unpaired) electrons. The van der Waals surface area contributed by atoms with Crippen molar-refractivity contribution in [2.75, 3.05) is 7.11 Å². The molecular formula is C31H22ClF6N8O3+. The van der Waals surface area contributed by atoms with Gasteiger partial charge in [-0.3, -0.25) is 9.52 Å². The van der Waals surface area contributed by atoms with E-state index in [-0.39, 0.29) is 39.5 Å². The molecule has 18 heteroatoms. The number of carbonyl (C=O) groups is 1. The third-order valence-electron chi connectivity index (χ3n) is 7.53. The molecule has 252 valence electrons. The quantitative estimate of drug-likeness (QED) is 0.136. The van der Waals surface area contributed by atoms with Crippen molar-refractivity contribution < 1.29 is 45.8 Å². The van der Waals surface area contributed by atoms with Crippen LogP contribution in [0.4, 0.5) is 26.3 Å². The number of rotatable bonds is 10. The summed E-state index contributed by atoms with van der Waals surface area (Å²) in [6, 6.07) is 12.2. The molecule has 49 heavy (non-hydrogen) atoms. The molecule has 0 unspecified atom stereocenters. The highest BCUT2D eigenvalue weighted by Gasteiger charge is 2.35. The molecule has 1 atom stereocenters. The van der Waals surface area contributed by atoms with E-state index >= 15 is 4.39 Å². The maximum absolute atomic E-state index is 15.6. The zero-order chi connectivity index (χ0) is 35.0. The molecule has 0 amide bonds. The minimum Gasteiger partial charge on any atom is -0.478 e. The summed E-state index contributed by atoms with van der Waals surface area (Å²) >= 11 is 6.09. The van der Waals surface area contributed by atoms with Crippen molar-refractivity contribution in [2.45, 2.75) is 25.2 Å². The number of alkyl halides is 5. The molecule has 1 N–H and O–H groups in total. The fraction of sp³-hybridized carbons (Fsp3) is 0.161. The molecule has 0 spiro atoms. The number of halogens is 7. The molecule has 6 rings (SSSR count). The first-order valence-electron chi connectivity index (χ1n) is 14.1. The fourth-order valence-electron chi connectivity index (χ4n) is 5.16. The van der Waals surface area contributed by atoms with E-state index in [0.29, 0.717) is 27.7 Å². The molecule has 0 aliphatic heterocycles. The molecule has 11 nitrogen and oxygen atoms in total. The lowest BCUT2D eigenvalue weighted by Crippen LogP contribution is -2.46. The fourth-order valence-corrected chi connectivity index (χ4v) is 5.32. The van der Waals surface area contributed by atoms with Gasteiger partial charge in [-0.2, -0.15) is 32.1 Å². The first-order chi connectivity index (χ1) is 23.3. The van der Waals surface area contributed by atoms with Gasteiger partial charge in [0.1, 0.15) is 13.2 Å². The first-order valence-corrected chi connectivity index (χ1v) is 14.5. The van der Waals surface area contributed by atoms with Crippen LogP contribution < -0.4 is 9.57 Å². The van der Waals surface area contributed by atoms with E-state index < -0.39 is 36.2 Å². The maximum Gasteiger partial charge on any atom is 0.436 e. The second-order valence-corrected chi connectivity index (χ2v) is 10.9. The van der Waals surface area contributed by atoms with Crippen molar-refractivity contribution in [3.8, 4) is 27.9 Å². The largest absolute Gasteiger partial charge is 0.478 e. The van der Waals surface area contributed by atoms with Gasteiger partial charge in [0.2, 0.25) is 6.20 Å². The van der Waals surface area contributed by atoms with Crippen LogP contribution in [0.5, 0.6) is 0 Å². The van der Waals surface area contributed by atoms with Gasteiger partial charge < -0.3 is 5.11 Å². The first kappa shape index (κ1) is 33.2. The van der Waals surface area contributed by atoms with Crippen molar-refractivity contribution in [3.05, 3.63) is 119 Å². The van der Waals surface area contributed by atoms with Crippen molar-refractivity contribution in [1.82, 2.24) is 34.6 Å². The SMILES string of the molecule is CO[n+]1cc(-c2c(-n3cc(C(F)(F)F)nn3)ccc(Cl)c2F)ccc1[C@@H](Cc1ccn(C(F)F)n1)n1cc(-c2ccc(C(=O)O)cc2)cn1. The summed E-state index contributed by atoms with van der Waals surface area (Å²) in [4.78, 5) is 16.9. The zero-order valence-corrected chi connectivity index (χ0v) is 25.7. The summed E-state index contributed by atoms with van der Waals surface area (Å²) in [5.41, 5.74) is 0.549. The van der Waals surface area contributed by atoms with Gasteiger partial charge in [-0.15, -0.1) is 5.10 Å². The zero-order valence-electron chi connectivity index (χ0n) is 24.9. The Balaban J connectivity index is 1.44. The Labute approximate surface area is 277 Å². The molecular weight excluding hydrogens is 682 g/mol. The van der Waals surface area contributed by atoms with E-state index in [1.165, 1.54) is 65.3 Å². The number of nitrogens with zero attached hydrogens (tertiary/aromatic N) is 8. The van der Waals surface area contributed by atoms with Crippen LogP contribution in [0.3, 0.4) is 0 Å². The van der Waals surface area contributed by atoms with Gasteiger partial charge in [0.25, 0.3) is 5.69 Å². The number of pyridine rings is 1. The molecule has 0 saturated heterocycles. The summed E-state index contributed by atoms with van der Waals surface area (Å²) in [5, 5.41) is 24.1. The number of aromatic nitrogens is 8. The third kappa shape index (κ3) is 6.69. The highest BCUT2D eigenvalue weighted by molar-refractivity contribution is 6.31. The Kier molecular flexibility index (Phi) is 8.85. The van der Waals surface area contributed by atoms with Gasteiger partial charge in [0.15, 0.2) is 11.5 Å². The van der Waals surface area contributed by atoms with Gasteiger partial charge in [0, 0.05) is 35.2 Å². The molecule has 0 aliphatic rings. The van der Waals surface area contributed by atoms with Crippen LogP contribution in [0, 0.1) is 5.82 Å². The molecule has 6 aromatic rings. The number of hydrogen-bond donors (Lipinski definition) is 1. The van der Waals surface area contributed by atoms with E-state index in [1.807, 2.05) is 0 Å². The number of carboxylic acid groups (broad SMARTS) is 1. The Morgan fingerprint density at radius 2 is 1.73 bits per heavy atom. The van der Waals surface area contributed by atoms with Gasteiger partial charge >= 0.3 is 18.7 Å².